The van der Waals surface area contributed by atoms with E-state index in [9.17, 15) is 28.8 Å². The molecule has 0 bridgehead atoms. The Balaban J connectivity index is 2.18. The van der Waals surface area contributed by atoms with Crippen LogP contribution in [0.4, 0.5) is 0 Å². The van der Waals surface area contributed by atoms with Gasteiger partial charge in [0.2, 0.25) is 35.4 Å². The van der Waals surface area contributed by atoms with Gasteiger partial charge in [-0.1, -0.05) is 18.2 Å². The fourth-order valence-corrected chi connectivity index (χ4v) is 3.59. The van der Waals surface area contributed by atoms with E-state index in [2.05, 4.69) is 31.6 Å². The van der Waals surface area contributed by atoms with E-state index < -0.39 is 65.7 Å². The standard InChI is InChI=1S/C25H35N7O6/c1-12(21(26)34)29-23(36)14(3)31-25(38)20(10-17-11-27-19-9-7-6-8-18(17)19)32-24(37)15(4)30-22(35)13(2)28-16(5)33/h6-9,11-15,20,27H,10H2,1-5H3,(H2,26,34)(H,28,33)(H,29,36)(H,30,35)(H,31,38)(H,32,37)/t12-,13-,14-,15-,20-/m0/s1. The summed E-state index contributed by atoms with van der Waals surface area (Å²) < 4.78 is 0. The minimum absolute atomic E-state index is 0.0799. The minimum Gasteiger partial charge on any atom is -0.368 e. The molecule has 2 rings (SSSR count). The molecule has 0 aliphatic rings. The zero-order chi connectivity index (χ0) is 28.6. The van der Waals surface area contributed by atoms with Crippen LogP contribution in [0.2, 0.25) is 0 Å². The maximum atomic E-state index is 13.2. The number of nitrogens with one attached hydrogen (secondary N) is 6. The van der Waals surface area contributed by atoms with Crippen LogP contribution in [0.15, 0.2) is 30.5 Å². The molecule has 0 radical (unpaired) electrons. The summed E-state index contributed by atoms with van der Waals surface area (Å²) in [6.07, 6.45) is 1.80. The third-order valence-corrected chi connectivity index (χ3v) is 5.83. The summed E-state index contributed by atoms with van der Waals surface area (Å²) in [7, 11) is 0. The van der Waals surface area contributed by atoms with Gasteiger partial charge < -0.3 is 37.3 Å². The maximum absolute atomic E-state index is 13.2. The summed E-state index contributed by atoms with van der Waals surface area (Å²) in [5.74, 6) is -3.63. The second-order valence-corrected chi connectivity index (χ2v) is 9.14. The van der Waals surface area contributed by atoms with E-state index in [1.54, 1.807) is 6.20 Å². The van der Waals surface area contributed by atoms with Crippen molar-refractivity contribution in [3.8, 4) is 0 Å². The Labute approximate surface area is 220 Å². The second kappa shape index (κ2) is 13.2. The monoisotopic (exact) mass is 529 g/mol. The quantitative estimate of drug-likeness (QED) is 0.178. The number of hydrogen-bond acceptors (Lipinski definition) is 6. The lowest BCUT2D eigenvalue weighted by atomic mass is 10.0. The van der Waals surface area contributed by atoms with Crippen molar-refractivity contribution in [2.75, 3.05) is 0 Å². The Bertz CT molecular complexity index is 1210. The smallest absolute Gasteiger partial charge is 0.243 e. The zero-order valence-corrected chi connectivity index (χ0v) is 22.0. The first kappa shape index (κ1) is 29.8. The lowest BCUT2D eigenvalue weighted by molar-refractivity contribution is -0.134. The number of hydrogen-bond donors (Lipinski definition) is 7. The van der Waals surface area contributed by atoms with E-state index in [-0.39, 0.29) is 6.42 Å². The molecule has 206 valence electrons. The number of aromatic nitrogens is 1. The molecule has 0 unspecified atom stereocenters. The molecular weight excluding hydrogens is 494 g/mol. The summed E-state index contributed by atoms with van der Waals surface area (Å²) in [6.45, 7) is 7.02. The summed E-state index contributed by atoms with van der Waals surface area (Å²) in [6, 6.07) is 2.44. The lowest BCUT2D eigenvalue weighted by Gasteiger charge is -2.24. The largest absolute Gasteiger partial charge is 0.368 e. The predicted octanol–water partition coefficient (Wildman–Crippen LogP) is -1.28. The average Bonchev–Trinajstić information content (AvgIpc) is 3.25. The van der Waals surface area contributed by atoms with E-state index in [4.69, 9.17) is 5.73 Å². The van der Waals surface area contributed by atoms with Crippen molar-refractivity contribution in [1.29, 1.82) is 0 Å². The lowest BCUT2D eigenvalue weighted by Crippen LogP contribution is -2.58. The highest BCUT2D eigenvalue weighted by Crippen LogP contribution is 2.19. The van der Waals surface area contributed by atoms with Gasteiger partial charge in [-0.2, -0.15) is 0 Å². The number of carbonyl (C=O) groups is 6. The van der Waals surface area contributed by atoms with Crippen LogP contribution in [-0.4, -0.2) is 70.6 Å². The van der Waals surface area contributed by atoms with Gasteiger partial charge in [-0.05, 0) is 39.3 Å². The van der Waals surface area contributed by atoms with E-state index in [1.165, 1.54) is 34.6 Å². The van der Waals surface area contributed by atoms with E-state index in [1.807, 2.05) is 24.3 Å². The first-order valence-corrected chi connectivity index (χ1v) is 12.1. The number of amides is 6. The molecule has 38 heavy (non-hydrogen) atoms. The molecule has 13 heteroatoms. The molecule has 0 aliphatic heterocycles. The van der Waals surface area contributed by atoms with Crippen molar-refractivity contribution >= 4 is 46.3 Å². The van der Waals surface area contributed by atoms with Gasteiger partial charge in [0.15, 0.2) is 0 Å². The number of carbonyl (C=O) groups excluding carboxylic acids is 6. The molecule has 1 heterocycles. The van der Waals surface area contributed by atoms with Crippen molar-refractivity contribution in [3.05, 3.63) is 36.0 Å². The number of fused-ring (bicyclic) bond motifs is 1. The minimum atomic E-state index is -1.11. The Kier molecular flexibility index (Phi) is 10.4. The molecule has 13 nitrogen and oxygen atoms in total. The van der Waals surface area contributed by atoms with Gasteiger partial charge in [-0.3, -0.25) is 28.8 Å². The Morgan fingerprint density at radius 2 is 1.24 bits per heavy atom. The van der Waals surface area contributed by atoms with Crippen LogP contribution < -0.4 is 32.3 Å². The van der Waals surface area contributed by atoms with Gasteiger partial charge in [0.25, 0.3) is 0 Å². The van der Waals surface area contributed by atoms with Crippen LogP contribution in [0.3, 0.4) is 0 Å². The zero-order valence-electron chi connectivity index (χ0n) is 22.0. The number of rotatable bonds is 12. The van der Waals surface area contributed by atoms with Crippen LogP contribution in [0.25, 0.3) is 10.9 Å². The molecule has 1 aromatic carbocycles. The summed E-state index contributed by atoms with van der Waals surface area (Å²) >= 11 is 0. The molecule has 0 saturated carbocycles. The highest BCUT2D eigenvalue weighted by Gasteiger charge is 2.29. The van der Waals surface area contributed by atoms with Crippen molar-refractivity contribution in [2.24, 2.45) is 5.73 Å². The van der Waals surface area contributed by atoms with E-state index in [0.717, 1.165) is 16.5 Å². The molecule has 5 atom stereocenters. The highest BCUT2D eigenvalue weighted by molar-refractivity contribution is 5.96. The topological polar surface area (TPSA) is 204 Å². The number of nitrogens with two attached hydrogens (primary N) is 1. The molecule has 2 aromatic rings. The van der Waals surface area contributed by atoms with E-state index >= 15 is 0 Å². The SMILES string of the molecule is CC(=O)N[C@@H](C)C(=O)N[C@@H](C)C(=O)N[C@@H](Cc1c[nH]c2ccccc12)C(=O)N[C@@H](C)C(=O)N[C@@H](C)C(N)=O. The summed E-state index contributed by atoms with van der Waals surface area (Å²) in [5.41, 5.74) is 6.76. The van der Waals surface area contributed by atoms with Gasteiger partial charge in [-0.15, -0.1) is 0 Å². The number of benzene rings is 1. The van der Waals surface area contributed by atoms with Crippen LogP contribution in [-0.2, 0) is 35.2 Å². The molecule has 8 N–H and O–H groups in total. The molecule has 0 aliphatic carbocycles. The Morgan fingerprint density at radius 3 is 1.82 bits per heavy atom. The van der Waals surface area contributed by atoms with Crippen LogP contribution in [0.5, 0.6) is 0 Å². The number of H-pyrrole nitrogens is 1. The summed E-state index contributed by atoms with van der Waals surface area (Å²) in [5, 5.41) is 13.4. The van der Waals surface area contributed by atoms with Crippen molar-refractivity contribution in [2.45, 2.75) is 71.2 Å². The summed E-state index contributed by atoms with van der Waals surface area (Å²) in [4.78, 5) is 76.4. The molecule has 0 fully saturated rings. The average molecular weight is 530 g/mol. The number of para-hydroxylation sites is 1. The third kappa shape index (κ3) is 8.32. The van der Waals surface area contributed by atoms with Crippen molar-refractivity contribution < 1.29 is 28.8 Å². The first-order chi connectivity index (χ1) is 17.8. The maximum Gasteiger partial charge on any atom is 0.243 e. The molecular formula is C25H35N7O6. The predicted molar refractivity (Wildman–Crippen MR) is 139 cm³/mol. The van der Waals surface area contributed by atoms with Gasteiger partial charge in [-0.25, -0.2) is 0 Å². The number of primary amides is 1. The number of aromatic amines is 1. The molecule has 0 saturated heterocycles. The van der Waals surface area contributed by atoms with Crippen LogP contribution in [0, 0.1) is 0 Å². The molecule has 1 aromatic heterocycles. The van der Waals surface area contributed by atoms with Crippen molar-refractivity contribution in [3.63, 3.8) is 0 Å². The van der Waals surface area contributed by atoms with Gasteiger partial charge in [0, 0.05) is 30.4 Å². The van der Waals surface area contributed by atoms with Gasteiger partial charge in [0.1, 0.15) is 30.2 Å². The van der Waals surface area contributed by atoms with Crippen LogP contribution in [0.1, 0.15) is 40.2 Å². The fourth-order valence-electron chi connectivity index (χ4n) is 3.59. The Morgan fingerprint density at radius 1 is 0.737 bits per heavy atom. The second-order valence-electron chi connectivity index (χ2n) is 9.14. The third-order valence-electron chi connectivity index (χ3n) is 5.83. The highest BCUT2D eigenvalue weighted by atomic mass is 16.2. The molecule has 0 spiro atoms. The van der Waals surface area contributed by atoms with Crippen LogP contribution >= 0.6 is 0 Å². The Hall–Kier alpha value is -4.42. The van der Waals surface area contributed by atoms with Gasteiger partial charge in [0.05, 0.1) is 0 Å². The normalized spacial score (nSPS) is 14.8. The van der Waals surface area contributed by atoms with Crippen molar-refractivity contribution in [1.82, 2.24) is 31.6 Å². The van der Waals surface area contributed by atoms with Gasteiger partial charge >= 0.3 is 0 Å². The fraction of sp³-hybridized carbons (Fsp3) is 0.440. The van der Waals surface area contributed by atoms with E-state index in [0.29, 0.717) is 0 Å². The molecule has 6 amide bonds. The first-order valence-electron chi connectivity index (χ1n) is 12.1.